The topological polar surface area (TPSA) is 254 Å². The van der Waals surface area contributed by atoms with Crippen LogP contribution in [-0.4, -0.2) is 70.1 Å². The van der Waals surface area contributed by atoms with Crippen LogP contribution in [0.5, 0.6) is 5.75 Å². The second-order valence-corrected chi connectivity index (χ2v) is 15.1. The minimum atomic E-state index is -5.22. The van der Waals surface area contributed by atoms with Gasteiger partial charge in [-0.25, -0.2) is 0 Å². The Hall–Kier alpha value is -5.64. The second-order valence-electron chi connectivity index (χ2n) is 11.2. The van der Waals surface area contributed by atoms with Gasteiger partial charge in [0.05, 0.1) is 6.42 Å². The van der Waals surface area contributed by atoms with Crippen LogP contribution in [0.25, 0.3) is 5.69 Å². The summed E-state index contributed by atoms with van der Waals surface area (Å²) in [6, 6.07) is 21.0. The molecular weight excluding hydrogens is 743 g/mol. The van der Waals surface area contributed by atoms with Gasteiger partial charge in [-0.2, -0.15) is 0 Å². The molecule has 0 aliphatic heterocycles. The molecule has 0 bridgehead atoms. The summed E-state index contributed by atoms with van der Waals surface area (Å²) in [5, 5.41) is 29.6. The predicted octanol–water partition coefficient (Wildman–Crippen LogP) is 2.03. The summed E-state index contributed by atoms with van der Waals surface area (Å²) in [6.07, 6.45) is 0.910. The van der Waals surface area contributed by atoms with Gasteiger partial charge in [0, 0.05) is 6.42 Å². The van der Waals surface area contributed by atoms with Crippen molar-refractivity contribution >= 4 is 54.1 Å². The van der Waals surface area contributed by atoms with E-state index in [1.165, 1.54) is 54.0 Å². The summed E-state index contributed by atoms with van der Waals surface area (Å²) in [5.74, 6) is -2.72. The van der Waals surface area contributed by atoms with Crippen molar-refractivity contribution in [2.75, 3.05) is 5.32 Å². The third-order valence-electron chi connectivity index (χ3n) is 7.20. The summed E-state index contributed by atoms with van der Waals surface area (Å²) >= 11 is -5.22. The minimum absolute atomic E-state index is 0.0455. The number of aldehydes is 1. The number of hydroxylamine groups is 1. The van der Waals surface area contributed by atoms with Crippen molar-refractivity contribution in [3.8, 4) is 11.4 Å². The van der Waals surface area contributed by atoms with Gasteiger partial charge in [-0.05, 0) is 19.1 Å². The molecule has 0 fully saturated rings. The first-order valence-electron chi connectivity index (χ1n) is 15.5. The zero-order valence-electron chi connectivity index (χ0n) is 28.1. The van der Waals surface area contributed by atoms with Crippen molar-refractivity contribution in [3.05, 3.63) is 118 Å². The number of ketones is 1. The molecule has 0 aliphatic rings. The van der Waals surface area contributed by atoms with E-state index < -0.39 is 43.6 Å². The fourth-order valence-corrected chi connectivity index (χ4v) is 6.93. The first-order chi connectivity index (χ1) is 24.7. The number of pyridine rings is 1. The second kappa shape index (κ2) is 19.1. The number of phenolic OH excluding ortho intramolecular Hbond substituents is 1. The molecule has 0 saturated carbocycles. The first-order valence-corrected chi connectivity index (χ1v) is 18.8. The third-order valence-corrected chi connectivity index (χ3v) is 10.3. The summed E-state index contributed by atoms with van der Waals surface area (Å²) in [6.45, 7) is 2.44. The van der Waals surface area contributed by atoms with E-state index in [0.717, 1.165) is 12.5 Å². The molecule has 2 amide bonds. The smallest absolute Gasteiger partial charge is 0.303 e. The maximum atomic E-state index is 13.9. The van der Waals surface area contributed by atoms with Gasteiger partial charge in [0.1, 0.15) is 12.0 Å². The molecule has 52 heavy (non-hydrogen) atoms. The molecule has 0 spiro atoms. The maximum Gasteiger partial charge on any atom is 0.303 e. The Morgan fingerprint density at radius 1 is 0.981 bits per heavy atom. The number of amides is 2. The summed E-state index contributed by atoms with van der Waals surface area (Å²) in [4.78, 5) is 69.5. The zero-order valence-corrected chi connectivity index (χ0v) is 29.9. The number of aromatic hydroxyl groups is 1. The van der Waals surface area contributed by atoms with Gasteiger partial charge in [0.15, 0.2) is 5.78 Å². The van der Waals surface area contributed by atoms with Gasteiger partial charge >= 0.3 is 226 Å². The Bertz CT molecular complexity index is 2030. The number of hydrogen-bond acceptors (Lipinski definition) is 12. The van der Waals surface area contributed by atoms with E-state index in [4.69, 9.17) is 14.7 Å². The molecule has 1 aromatic heterocycles. The molecule has 16 nitrogen and oxygen atoms in total. The minimum Gasteiger partial charge on any atom is -0.481 e. The number of nitrogens with one attached hydrogen (secondary N) is 2. The monoisotopic (exact) mass is 780 g/mol. The fourth-order valence-electron chi connectivity index (χ4n) is 4.75. The van der Waals surface area contributed by atoms with Gasteiger partial charge in [0.25, 0.3) is 0 Å². The molecular formula is C35H37AsN4O12. The summed E-state index contributed by atoms with van der Waals surface area (Å²) in [5.41, 5.74) is 9.54. The molecule has 3 aromatic carbocycles. The average Bonchev–Trinajstić information content (AvgIpc) is 3.12. The number of aliphatic carboxylic acids is 1. The van der Waals surface area contributed by atoms with Crippen molar-refractivity contribution in [3.63, 3.8) is 0 Å². The Balaban J connectivity index is 0.000000944. The standard InChI is InChI=1S/C31H31AsN4O9.C4H6O3/c1-19(37)27-18-26(39)13-11-22(27)16-28(33)30(40)34-29-14-12-25(15-21-7-4-3-5-8-21)36(31(29)41)24-10-6-9-23(17-24)32(42,45-43)44-35-20(2)38;5-3-1-2-4(6)7/h3-14,17-18,28,39,43H,15-16,33H2,1-2H3,(H,34,40)(H,35,38);3H,1-2H2,(H,6,7). The van der Waals surface area contributed by atoms with Gasteiger partial charge in [0.2, 0.25) is 0 Å². The van der Waals surface area contributed by atoms with Crippen LogP contribution in [0.3, 0.4) is 0 Å². The number of nitrogens with two attached hydrogens (primary N) is 1. The fraction of sp³-hybridized carbons (Fsp3) is 0.200. The zero-order chi connectivity index (χ0) is 38.4. The Labute approximate surface area is 300 Å². The number of rotatable bonds is 15. The van der Waals surface area contributed by atoms with Gasteiger partial charge in [-0.15, -0.1) is 0 Å². The van der Waals surface area contributed by atoms with E-state index in [9.17, 15) is 42.9 Å². The van der Waals surface area contributed by atoms with Crippen molar-refractivity contribution < 1.29 is 50.9 Å². The number of carboxylic acid groups (broad SMARTS) is 1. The van der Waals surface area contributed by atoms with Crippen LogP contribution >= 0.6 is 0 Å². The van der Waals surface area contributed by atoms with E-state index in [-0.39, 0.29) is 52.1 Å². The van der Waals surface area contributed by atoms with Crippen molar-refractivity contribution in [1.82, 2.24) is 10.0 Å². The molecule has 4 aromatic rings. The van der Waals surface area contributed by atoms with Crippen LogP contribution < -0.4 is 26.4 Å². The number of carboxylic acids is 1. The van der Waals surface area contributed by atoms with Crippen LogP contribution in [0.1, 0.15) is 53.9 Å². The average molecular weight is 781 g/mol. The normalized spacial score (nSPS) is 12.3. The molecule has 0 aliphatic carbocycles. The number of benzene rings is 3. The number of phenols is 1. The number of hydrogen-bond donors (Lipinski definition) is 6. The van der Waals surface area contributed by atoms with E-state index in [0.29, 0.717) is 24.0 Å². The van der Waals surface area contributed by atoms with E-state index >= 15 is 0 Å². The van der Waals surface area contributed by atoms with Crippen molar-refractivity contribution in [1.29, 1.82) is 0 Å². The van der Waals surface area contributed by atoms with Gasteiger partial charge < -0.3 is 15.0 Å². The SMILES string of the molecule is CC(=O)NO[As](=O)(OO)c1cccc(-n2c(Cc3ccccc3)ccc(NC(=O)C(N)Cc3ccc(O)cc3C(C)=O)c2=O)c1.O=CCCC(=O)O. The predicted molar refractivity (Wildman–Crippen MR) is 187 cm³/mol. The Morgan fingerprint density at radius 3 is 2.29 bits per heavy atom. The number of Topliss-reactive ketones (excluding diaryl/α,β-unsaturated/α-hetero) is 1. The molecule has 1 heterocycles. The number of nitrogens with zero attached hydrogens (tertiary/aromatic N) is 1. The number of carbonyl (C=O) groups excluding carboxylic acids is 4. The third kappa shape index (κ3) is 11.4. The van der Waals surface area contributed by atoms with Crippen LogP contribution in [0.15, 0.2) is 89.7 Å². The number of anilines is 1. The quantitative estimate of drug-likeness (QED) is 0.0333. The maximum absolute atomic E-state index is 13.9. The molecule has 4 rings (SSSR count). The Kier molecular flexibility index (Phi) is 15.0. The van der Waals surface area contributed by atoms with E-state index in [1.807, 2.05) is 35.8 Å². The molecule has 17 heteroatoms. The number of carbonyl (C=O) groups is 5. The first kappa shape index (κ1) is 40.8. The molecule has 274 valence electrons. The van der Waals surface area contributed by atoms with Crippen LogP contribution in [0, 0.1) is 0 Å². The largest absolute Gasteiger partial charge is 0.481 e. The number of aromatic nitrogens is 1. The molecule has 2 atom stereocenters. The van der Waals surface area contributed by atoms with Crippen molar-refractivity contribution in [2.24, 2.45) is 5.73 Å². The van der Waals surface area contributed by atoms with Crippen LogP contribution in [-0.2, 0) is 43.5 Å². The van der Waals surface area contributed by atoms with E-state index in [1.54, 1.807) is 12.1 Å². The molecule has 7 N–H and O–H groups in total. The van der Waals surface area contributed by atoms with Crippen LogP contribution in [0.2, 0.25) is 0 Å². The van der Waals surface area contributed by atoms with Gasteiger partial charge in [-0.1, -0.05) is 0 Å². The van der Waals surface area contributed by atoms with Crippen molar-refractivity contribution in [2.45, 2.75) is 45.6 Å². The van der Waals surface area contributed by atoms with Gasteiger partial charge in [-0.3, -0.25) is 9.59 Å². The molecule has 0 saturated heterocycles. The summed E-state index contributed by atoms with van der Waals surface area (Å²) in [7, 11) is 0. The molecule has 2 unspecified atom stereocenters. The van der Waals surface area contributed by atoms with E-state index in [2.05, 4.69) is 9.19 Å². The Morgan fingerprint density at radius 2 is 1.69 bits per heavy atom. The molecule has 0 radical (unpaired) electrons. The summed E-state index contributed by atoms with van der Waals surface area (Å²) < 4.78 is 23.5. The van der Waals surface area contributed by atoms with Crippen LogP contribution in [0.4, 0.5) is 5.69 Å².